The number of esters is 1. The van der Waals surface area contributed by atoms with Crippen LogP contribution in [0.2, 0.25) is 0 Å². The minimum atomic E-state index is -0.666. The number of unbranched alkanes of at least 4 members (excludes halogenated alkanes) is 2. The van der Waals surface area contributed by atoms with Crippen molar-refractivity contribution in [3.8, 4) is 11.5 Å². The van der Waals surface area contributed by atoms with Crippen LogP contribution in [-0.2, 0) is 20.8 Å². The van der Waals surface area contributed by atoms with Crippen LogP contribution < -0.4 is 0 Å². The highest BCUT2D eigenvalue weighted by atomic mass is 16.6. The third-order valence-electron chi connectivity index (χ3n) is 5.64. The Labute approximate surface area is 202 Å². The zero-order chi connectivity index (χ0) is 24.8. The van der Waals surface area contributed by atoms with Crippen LogP contribution in [0.15, 0.2) is 29.4 Å². The molecule has 1 heterocycles. The fourth-order valence-corrected chi connectivity index (χ4v) is 3.92. The number of likely N-dealkylation sites (tertiary alicyclic amines) is 1. The Kier molecular flexibility index (Phi) is 12.0. The fourth-order valence-electron chi connectivity index (χ4n) is 3.92. The molecule has 0 saturated carbocycles. The molecule has 0 aromatic heterocycles. The number of piperidine rings is 1. The summed E-state index contributed by atoms with van der Waals surface area (Å²) in [5, 5.41) is 24.5. The number of amides is 1. The molecule has 1 amide bonds. The van der Waals surface area contributed by atoms with Gasteiger partial charge >= 0.3 is 5.97 Å². The van der Waals surface area contributed by atoms with E-state index in [1.807, 2.05) is 0 Å². The summed E-state index contributed by atoms with van der Waals surface area (Å²) in [5.41, 5.74) is 1.02. The van der Waals surface area contributed by atoms with Crippen molar-refractivity contribution in [1.29, 1.82) is 0 Å². The molecule has 1 aromatic carbocycles. The zero-order valence-electron chi connectivity index (χ0n) is 20.4. The van der Waals surface area contributed by atoms with Crippen molar-refractivity contribution >= 4 is 17.6 Å². The highest BCUT2D eigenvalue weighted by molar-refractivity contribution is 5.97. The summed E-state index contributed by atoms with van der Waals surface area (Å²) in [5.74, 6) is -1.26. The van der Waals surface area contributed by atoms with Gasteiger partial charge in [-0.3, -0.25) is 4.79 Å². The first-order valence-corrected chi connectivity index (χ1v) is 12.3. The number of hydrogen-bond donors (Lipinski definition) is 2. The maximum atomic E-state index is 12.4. The van der Waals surface area contributed by atoms with Crippen molar-refractivity contribution in [2.45, 2.75) is 71.6 Å². The van der Waals surface area contributed by atoms with Gasteiger partial charge in [-0.2, -0.15) is 0 Å². The number of allylic oxidation sites excluding steroid dienone is 2. The van der Waals surface area contributed by atoms with E-state index < -0.39 is 5.97 Å². The van der Waals surface area contributed by atoms with Gasteiger partial charge in [0.2, 0.25) is 0 Å². The number of rotatable bonds is 13. The fraction of sp³-hybridized carbons (Fsp3) is 0.577. The van der Waals surface area contributed by atoms with Crippen LogP contribution in [0.4, 0.5) is 0 Å². The van der Waals surface area contributed by atoms with Gasteiger partial charge in [0.15, 0.2) is 6.61 Å². The van der Waals surface area contributed by atoms with Gasteiger partial charge in [-0.1, -0.05) is 24.2 Å². The van der Waals surface area contributed by atoms with Gasteiger partial charge in [-0.25, -0.2) is 4.79 Å². The van der Waals surface area contributed by atoms with E-state index in [1.54, 1.807) is 11.8 Å². The van der Waals surface area contributed by atoms with Crippen LogP contribution in [0, 0.1) is 0 Å². The molecule has 0 atom stereocenters. The van der Waals surface area contributed by atoms with E-state index in [0.29, 0.717) is 17.7 Å². The molecule has 1 aromatic rings. The molecule has 1 aliphatic heterocycles. The summed E-state index contributed by atoms with van der Waals surface area (Å²) in [6.07, 6.45) is 12.0. The number of phenols is 2. The Morgan fingerprint density at radius 1 is 1.09 bits per heavy atom. The van der Waals surface area contributed by atoms with E-state index in [-0.39, 0.29) is 42.6 Å². The number of nitrogens with zero attached hydrogens (tertiary/aromatic N) is 2. The Bertz CT molecular complexity index is 859. The zero-order valence-corrected chi connectivity index (χ0v) is 20.4. The molecule has 34 heavy (non-hydrogen) atoms. The van der Waals surface area contributed by atoms with E-state index in [2.05, 4.69) is 24.2 Å². The van der Waals surface area contributed by atoms with Gasteiger partial charge in [0, 0.05) is 25.6 Å². The first-order valence-electron chi connectivity index (χ1n) is 12.3. The van der Waals surface area contributed by atoms with Crippen molar-refractivity contribution in [3.63, 3.8) is 0 Å². The van der Waals surface area contributed by atoms with E-state index in [0.717, 1.165) is 64.1 Å². The number of hydrogen-bond acceptors (Lipinski definition) is 7. The molecular formula is C26H38N2O6. The molecule has 0 spiro atoms. The number of carbonyl (C=O) groups excluding carboxylic acids is 2. The topological polar surface area (TPSA) is 109 Å². The SMILES string of the molecule is CCC=CCCCCC(Cc1cc(O)cc(O)c1C(=O)OCC)=NOCC(=O)N1CCCCC1. The summed E-state index contributed by atoms with van der Waals surface area (Å²) >= 11 is 0. The number of oxime groups is 1. The van der Waals surface area contributed by atoms with Gasteiger partial charge in [-0.05, 0) is 69.9 Å². The summed E-state index contributed by atoms with van der Waals surface area (Å²) in [7, 11) is 0. The van der Waals surface area contributed by atoms with Crippen LogP contribution in [0.25, 0.3) is 0 Å². The minimum Gasteiger partial charge on any atom is -0.508 e. The average Bonchev–Trinajstić information content (AvgIpc) is 2.81. The van der Waals surface area contributed by atoms with E-state index in [4.69, 9.17) is 9.57 Å². The second-order valence-electron chi connectivity index (χ2n) is 8.39. The highest BCUT2D eigenvalue weighted by Gasteiger charge is 2.21. The minimum absolute atomic E-state index is 0.00243. The van der Waals surface area contributed by atoms with Gasteiger partial charge < -0.3 is 24.7 Å². The first-order chi connectivity index (χ1) is 16.5. The Morgan fingerprint density at radius 3 is 2.56 bits per heavy atom. The summed E-state index contributed by atoms with van der Waals surface area (Å²) < 4.78 is 5.08. The highest BCUT2D eigenvalue weighted by Crippen LogP contribution is 2.29. The monoisotopic (exact) mass is 474 g/mol. The lowest BCUT2D eigenvalue weighted by atomic mass is 9.98. The van der Waals surface area contributed by atoms with Crippen LogP contribution >= 0.6 is 0 Å². The number of aromatic hydroxyl groups is 2. The van der Waals surface area contributed by atoms with Crippen LogP contribution in [-0.4, -0.2) is 59.0 Å². The number of carbonyl (C=O) groups is 2. The molecule has 0 unspecified atom stereocenters. The number of benzene rings is 1. The van der Waals surface area contributed by atoms with E-state index in [9.17, 15) is 19.8 Å². The van der Waals surface area contributed by atoms with Gasteiger partial charge in [0.05, 0.1) is 12.3 Å². The predicted octanol–water partition coefficient (Wildman–Crippen LogP) is 4.73. The summed E-state index contributed by atoms with van der Waals surface area (Å²) in [4.78, 5) is 32.1. The van der Waals surface area contributed by atoms with Crippen molar-refractivity contribution in [2.75, 3.05) is 26.3 Å². The molecule has 188 valence electrons. The van der Waals surface area contributed by atoms with Crippen LogP contribution in [0.3, 0.4) is 0 Å². The molecule has 0 bridgehead atoms. The van der Waals surface area contributed by atoms with E-state index >= 15 is 0 Å². The van der Waals surface area contributed by atoms with Crippen molar-refractivity contribution < 1.29 is 29.4 Å². The third-order valence-corrected chi connectivity index (χ3v) is 5.64. The lowest BCUT2D eigenvalue weighted by Crippen LogP contribution is -2.37. The molecule has 0 aliphatic carbocycles. The van der Waals surface area contributed by atoms with Crippen molar-refractivity contribution in [3.05, 3.63) is 35.4 Å². The largest absolute Gasteiger partial charge is 0.508 e. The van der Waals surface area contributed by atoms with Crippen molar-refractivity contribution in [2.24, 2.45) is 5.16 Å². The summed E-state index contributed by atoms with van der Waals surface area (Å²) in [6.45, 7) is 5.29. The second kappa shape index (κ2) is 15.0. The molecule has 2 rings (SSSR count). The first kappa shape index (κ1) is 27.2. The molecule has 2 N–H and O–H groups in total. The van der Waals surface area contributed by atoms with Gasteiger partial charge in [-0.15, -0.1) is 0 Å². The normalized spacial score (nSPS) is 14.4. The molecule has 8 nitrogen and oxygen atoms in total. The van der Waals surface area contributed by atoms with E-state index in [1.165, 1.54) is 6.07 Å². The second-order valence-corrected chi connectivity index (χ2v) is 8.39. The predicted molar refractivity (Wildman–Crippen MR) is 131 cm³/mol. The maximum Gasteiger partial charge on any atom is 0.342 e. The molecule has 1 saturated heterocycles. The Balaban J connectivity index is 2.13. The van der Waals surface area contributed by atoms with Crippen LogP contribution in [0.5, 0.6) is 11.5 Å². The molecule has 8 heteroatoms. The summed E-state index contributed by atoms with van der Waals surface area (Å²) in [6, 6.07) is 2.53. The van der Waals surface area contributed by atoms with Crippen LogP contribution in [0.1, 0.15) is 81.1 Å². The van der Waals surface area contributed by atoms with Gasteiger partial charge in [0.25, 0.3) is 5.91 Å². The third kappa shape index (κ3) is 9.08. The smallest absolute Gasteiger partial charge is 0.342 e. The van der Waals surface area contributed by atoms with Gasteiger partial charge in [0.1, 0.15) is 17.1 Å². The molecule has 1 aliphatic rings. The quantitative estimate of drug-likeness (QED) is 0.141. The lowest BCUT2D eigenvalue weighted by molar-refractivity contribution is -0.137. The Morgan fingerprint density at radius 2 is 1.85 bits per heavy atom. The lowest BCUT2D eigenvalue weighted by Gasteiger charge is -2.26. The number of phenolic OH excluding ortho intramolecular Hbond substituents is 2. The molecule has 0 radical (unpaired) electrons. The maximum absolute atomic E-state index is 12.4. The molecular weight excluding hydrogens is 436 g/mol. The number of ether oxygens (including phenoxy) is 1. The van der Waals surface area contributed by atoms with Crippen molar-refractivity contribution in [1.82, 2.24) is 4.90 Å². The Hall–Kier alpha value is -3.03. The standard InChI is InChI=1S/C26H38N2O6/c1-3-5-6-7-8-10-13-21(27-34-19-24(31)28-14-11-9-12-15-28)16-20-17-22(29)18-23(30)25(20)26(32)33-4-2/h5-6,17-18,29-30H,3-4,7-16,19H2,1-2H3. The average molecular weight is 475 g/mol. The molecule has 1 fully saturated rings.